The number of hydroxylamine groups is 1. The smallest absolute Gasteiger partial charge is 0.274 e. The lowest BCUT2D eigenvalue weighted by molar-refractivity contribution is 0.0706. The average molecular weight is 621 g/mol. The van der Waals surface area contributed by atoms with Crippen molar-refractivity contribution in [2.75, 3.05) is 31.6 Å². The minimum Gasteiger partial charge on any atom is -0.504 e. The number of methoxy groups -OCH3 is 1. The van der Waals surface area contributed by atoms with Gasteiger partial charge in [-0.2, -0.15) is 10.5 Å². The number of carbonyl (C=O) groups is 1. The Balaban J connectivity index is 1.32. The SMILES string of the molecule is COc1cc(-c2cnc(N3CCC(NCCCc4ccc(C(=O)NO)cc4)CC3)c(C#N)c2-c2ccc(C#N)c(F)c2)ccc1O. The molecule has 4 N–H and O–H groups in total. The molecule has 0 bridgehead atoms. The first-order valence-corrected chi connectivity index (χ1v) is 14.9. The number of halogens is 1. The first kappa shape index (κ1) is 31.9. The van der Waals surface area contributed by atoms with Gasteiger partial charge in [0.15, 0.2) is 11.5 Å². The largest absolute Gasteiger partial charge is 0.504 e. The summed E-state index contributed by atoms with van der Waals surface area (Å²) in [5, 5.41) is 42.3. The number of amides is 1. The summed E-state index contributed by atoms with van der Waals surface area (Å²) in [5.74, 6) is -0.508. The summed E-state index contributed by atoms with van der Waals surface area (Å²) in [5.41, 5.74) is 5.44. The molecule has 4 aromatic rings. The lowest BCUT2D eigenvalue weighted by Crippen LogP contribution is -2.43. The summed E-state index contributed by atoms with van der Waals surface area (Å²) < 4.78 is 20.1. The first-order chi connectivity index (χ1) is 22.4. The van der Waals surface area contributed by atoms with E-state index < -0.39 is 11.7 Å². The van der Waals surface area contributed by atoms with Crippen LogP contribution in [0.15, 0.2) is 66.9 Å². The fraction of sp³-hybridized carbons (Fsp3) is 0.257. The molecule has 5 rings (SSSR count). The number of piperidine rings is 1. The predicted octanol–water partition coefficient (Wildman–Crippen LogP) is 5.32. The molecule has 2 heterocycles. The zero-order valence-electron chi connectivity index (χ0n) is 25.3. The number of nitriles is 2. The highest BCUT2D eigenvalue weighted by Crippen LogP contribution is 2.41. The maximum Gasteiger partial charge on any atom is 0.274 e. The Bertz CT molecular complexity index is 1810. The molecule has 11 heteroatoms. The van der Waals surface area contributed by atoms with Crippen LogP contribution >= 0.6 is 0 Å². The molecule has 234 valence electrons. The van der Waals surface area contributed by atoms with E-state index >= 15 is 0 Å². The van der Waals surface area contributed by atoms with Gasteiger partial charge in [0, 0.05) is 42.0 Å². The molecule has 1 aliphatic heterocycles. The Morgan fingerprint density at radius 2 is 1.80 bits per heavy atom. The molecule has 0 saturated carbocycles. The number of carbonyl (C=O) groups excluding carboxylic acids is 1. The molecule has 3 aromatic carbocycles. The van der Waals surface area contributed by atoms with Crippen molar-refractivity contribution in [2.45, 2.75) is 31.7 Å². The van der Waals surface area contributed by atoms with Gasteiger partial charge in [-0.05, 0) is 85.3 Å². The normalized spacial score (nSPS) is 13.1. The highest BCUT2D eigenvalue weighted by atomic mass is 19.1. The average Bonchev–Trinajstić information content (AvgIpc) is 3.09. The lowest BCUT2D eigenvalue weighted by atomic mass is 9.91. The Morgan fingerprint density at radius 1 is 1.07 bits per heavy atom. The van der Waals surface area contributed by atoms with E-state index in [1.165, 1.54) is 25.3 Å². The Morgan fingerprint density at radius 3 is 2.46 bits per heavy atom. The number of phenols is 1. The van der Waals surface area contributed by atoms with Gasteiger partial charge >= 0.3 is 0 Å². The van der Waals surface area contributed by atoms with Crippen LogP contribution in [0.4, 0.5) is 10.2 Å². The summed E-state index contributed by atoms with van der Waals surface area (Å²) in [6.07, 6.45) is 5.10. The number of anilines is 1. The van der Waals surface area contributed by atoms with Gasteiger partial charge in [0.05, 0.1) is 12.7 Å². The fourth-order valence-electron chi connectivity index (χ4n) is 5.75. The van der Waals surface area contributed by atoms with Gasteiger partial charge in [0.2, 0.25) is 0 Å². The highest BCUT2D eigenvalue weighted by Gasteiger charge is 2.26. The number of rotatable bonds is 10. The molecule has 0 aliphatic carbocycles. The van der Waals surface area contributed by atoms with E-state index in [4.69, 9.17) is 14.9 Å². The molecule has 46 heavy (non-hydrogen) atoms. The van der Waals surface area contributed by atoms with Crippen LogP contribution in [0.25, 0.3) is 22.3 Å². The molecule has 1 saturated heterocycles. The molecule has 1 amide bonds. The Hall–Kier alpha value is -5.49. The maximum absolute atomic E-state index is 14.8. The minimum atomic E-state index is -0.686. The van der Waals surface area contributed by atoms with E-state index in [2.05, 4.69) is 16.3 Å². The van der Waals surface area contributed by atoms with Gasteiger partial charge in [-0.15, -0.1) is 0 Å². The van der Waals surface area contributed by atoms with Crippen LogP contribution in [0.1, 0.15) is 46.3 Å². The van der Waals surface area contributed by atoms with Gasteiger partial charge in [-0.25, -0.2) is 14.9 Å². The molecule has 0 spiro atoms. The number of benzene rings is 3. The fourth-order valence-corrected chi connectivity index (χ4v) is 5.75. The second kappa shape index (κ2) is 14.5. The van der Waals surface area contributed by atoms with Crippen molar-refractivity contribution in [1.29, 1.82) is 10.5 Å². The van der Waals surface area contributed by atoms with Gasteiger partial charge in [-0.1, -0.05) is 24.3 Å². The van der Waals surface area contributed by atoms with E-state index in [0.717, 1.165) is 37.8 Å². The third kappa shape index (κ3) is 6.92. The first-order valence-electron chi connectivity index (χ1n) is 14.9. The number of aryl methyl sites for hydroxylation is 1. The predicted molar refractivity (Wildman–Crippen MR) is 170 cm³/mol. The van der Waals surface area contributed by atoms with Crippen molar-refractivity contribution in [3.63, 3.8) is 0 Å². The van der Waals surface area contributed by atoms with E-state index in [1.54, 1.807) is 42.0 Å². The van der Waals surface area contributed by atoms with Crippen LogP contribution in [-0.2, 0) is 6.42 Å². The van der Waals surface area contributed by atoms with Crippen molar-refractivity contribution in [1.82, 2.24) is 15.8 Å². The number of nitrogens with zero attached hydrogens (tertiary/aromatic N) is 4. The van der Waals surface area contributed by atoms with Crippen LogP contribution in [0, 0.1) is 28.5 Å². The standard InChI is InChI=1S/C35H33FN6O4/c1-46-32-18-24(10-11-31(32)43)29-21-40-34(28(20-38)33(29)25-8-9-26(19-37)30(36)17-25)42-15-12-27(13-16-42)39-14-2-3-22-4-6-23(7-5-22)35(44)41-45/h4-11,17-18,21,27,39,43,45H,2-3,12-16H2,1H3,(H,41,44). The number of nitrogens with one attached hydrogen (secondary N) is 2. The zero-order valence-corrected chi connectivity index (χ0v) is 25.3. The summed E-state index contributed by atoms with van der Waals surface area (Å²) in [6.45, 7) is 2.16. The second-order valence-corrected chi connectivity index (χ2v) is 11.0. The molecule has 1 aromatic heterocycles. The van der Waals surface area contributed by atoms with Crippen LogP contribution in [0.3, 0.4) is 0 Å². The van der Waals surface area contributed by atoms with Crippen LogP contribution in [-0.4, -0.2) is 54.0 Å². The lowest BCUT2D eigenvalue weighted by Gasteiger charge is -2.34. The zero-order chi connectivity index (χ0) is 32.6. The highest BCUT2D eigenvalue weighted by molar-refractivity contribution is 5.93. The summed E-state index contributed by atoms with van der Waals surface area (Å²) >= 11 is 0. The number of aromatic hydroxyl groups is 1. The molecule has 1 aliphatic rings. The third-order valence-corrected chi connectivity index (χ3v) is 8.23. The topological polar surface area (TPSA) is 155 Å². The van der Waals surface area contributed by atoms with Gasteiger partial charge in [0.25, 0.3) is 5.91 Å². The molecular weight excluding hydrogens is 587 g/mol. The van der Waals surface area contributed by atoms with Gasteiger partial charge in [0.1, 0.15) is 29.3 Å². The number of ether oxygens (including phenoxy) is 1. The van der Waals surface area contributed by atoms with Crippen LogP contribution < -0.4 is 20.4 Å². The van der Waals surface area contributed by atoms with Crippen LogP contribution in [0.2, 0.25) is 0 Å². The summed E-state index contributed by atoms with van der Waals surface area (Å²) in [4.78, 5) is 18.3. The number of aromatic nitrogens is 1. The molecule has 0 radical (unpaired) electrons. The number of hydrogen-bond donors (Lipinski definition) is 4. The number of phenolic OH excluding ortho intramolecular Hbond substituents is 1. The molecule has 10 nitrogen and oxygen atoms in total. The molecule has 1 fully saturated rings. The molecular formula is C35H33FN6O4. The van der Waals surface area contributed by atoms with Crippen molar-refractivity contribution in [3.8, 4) is 45.9 Å². The van der Waals surface area contributed by atoms with E-state index in [9.17, 15) is 24.8 Å². The minimum absolute atomic E-state index is 0.0397. The second-order valence-electron chi connectivity index (χ2n) is 11.0. The number of pyridine rings is 1. The monoisotopic (exact) mass is 620 g/mol. The number of hydrogen-bond acceptors (Lipinski definition) is 9. The van der Waals surface area contributed by atoms with Crippen molar-refractivity contribution >= 4 is 11.7 Å². The van der Waals surface area contributed by atoms with Crippen LogP contribution in [0.5, 0.6) is 11.5 Å². The van der Waals surface area contributed by atoms with E-state index in [1.807, 2.05) is 18.2 Å². The summed E-state index contributed by atoms with van der Waals surface area (Å²) in [7, 11) is 1.44. The molecule has 0 unspecified atom stereocenters. The van der Waals surface area contributed by atoms with Crippen molar-refractivity contribution < 1.29 is 24.2 Å². The van der Waals surface area contributed by atoms with Crippen molar-refractivity contribution in [2.24, 2.45) is 0 Å². The third-order valence-electron chi connectivity index (χ3n) is 8.23. The molecule has 0 atom stereocenters. The van der Waals surface area contributed by atoms with Gasteiger partial charge < -0.3 is 20.1 Å². The maximum atomic E-state index is 14.8. The summed E-state index contributed by atoms with van der Waals surface area (Å²) in [6, 6.07) is 20.7. The van der Waals surface area contributed by atoms with E-state index in [0.29, 0.717) is 58.3 Å². The van der Waals surface area contributed by atoms with Gasteiger partial charge in [-0.3, -0.25) is 10.0 Å². The Labute approximate surface area is 266 Å². The Kier molecular flexibility index (Phi) is 10.1. The van der Waals surface area contributed by atoms with E-state index in [-0.39, 0.29) is 17.1 Å². The quantitative estimate of drug-likeness (QED) is 0.105. The van der Waals surface area contributed by atoms with Crippen molar-refractivity contribution in [3.05, 3.63) is 94.9 Å².